The molecule has 0 aliphatic carbocycles. The van der Waals surface area contributed by atoms with E-state index in [2.05, 4.69) is 10.6 Å². The summed E-state index contributed by atoms with van der Waals surface area (Å²) in [6, 6.07) is -0.841. The average Bonchev–Trinajstić information content (AvgIpc) is 2.49. The largest absolute Gasteiger partial charge is 0.444 e. The lowest BCUT2D eigenvalue weighted by atomic mass is 10.1. The van der Waals surface area contributed by atoms with Crippen LogP contribution in [0.4, 0.5) is 9.59 Å². The van der Waals surface area contributed by atoms with Gasteiger partial charge in [-0.1, -0.05) is 6.92 Å². The molecular formula is C21H38N2O6. The molecule has 168 valence electrons. The molecule has 0 spiro atoms. The van der Waals surface area contributed by atoms with Gasteiger partial charge in [0.05, 0.1) is 0 Å². The van der Waals surface area contributed by atoms with Gasteiger partial charge in [-0.3, -0.25) is 0 Å². The third-order valence-corrected chi connectivity index (χ3v) is 3.32. The summed E-state index contributed by atoms with van der Waals surface area (Å²) < 4.78 is 15.7. The number of esters is 1. The van der Waals surface area contributed by atoms with Gasteiger partial charge in [-0.05, 0) is 80.2 Å². The van der Waals surface area contributed by atoms with Crippen LogP contribution in [0.3, 0.4) is 0 Å². The van der Waals surface area contributed by atoms with Gasteiger partial charge < -0.3 is 24.8 Å². The van der Waals surface area contributed by atoms with E-state index in [0.717, 1.165) is 6.42 Å². The topological polar surface area (TPSA) is 103 Å². The second kappa shape index (κ2) is 12.3. The minimum absolute atomic E-state index is 0.355. The Bertz CT molecular complexity index is 573. The fraction of sp³-hybridized carbons (Fsp3) is 0.762. The van der Waals surface area contributed by atoms with E-state index >= 15 is 0 Å². The summed E-state index contributed by atoms with van der Waals surface area (Å²) in [4.78, 5) is 36.1. The summed E-state index contributed by atoms with van der Waals surface area (Å²) in [5, 5.41) is 5.24. The monoisotopic (exact) mass is 414 g/mol. The van der Waals surface area contributed by atoms with E-state index in [1.54, 1.807) is 54.5 Å². The summed E-state index contributed by atoms with van der Waals surface area (Å²) in [5.41, 5.74) is -1.23. The van der Waals surface area contributed by atoms with Crippen LogP contribution in [-0.4, -0.2) is 41.9 Å². The fourth-order valence-corrected chi connectivity index (χ4v) is 2.24. The van der Waals surface area contributed by atoms with Crippen molar-refractivity contribution in [2.45, 2.75) is 98.3 Å². The van der Waals surface area contributed by atoms with Crippen LogP contribution in [0.5, 0.6) is 0 Å². The molecule has 0 heterocycles. The zero-order valence-corrected chi connectivity index (χ0v) is 19.1. The number of hydrogen-bond acceptors (Lipinski definition) is 6. The number of alkyl carbamates (subject to hydrolysis) is 2. The summed E-state index contributed by atoms with van der Waals surface area (Å²) in [6.45, 7) is 14.6. The van der Waals surface area contributed by atoms with Gasteiger partial charge in [0.25, 0.3) is 0 Å². The van der Waals surface area contributed by atoms with Gasteiger partial charge in [0.15, 0.2) is 0 Å². The van der Waals surface area contributed by atoms with E-state index in [-0.39, 0.29) is 0 Å². The Hall–Kier alpha value is -2.25. The molecule has 0 aromatic rings. The summed E-state index contributed by atoms with van der Waals surface area (Å²) in [7, 11) is 0. The van der Waals surface area contributed by atoms with E-state index in [0.29, 0.717) is 31.6 Å². The predicted molar refractivity (Wildman–Crippen MR) is 111 cm³/mol. The van der Waals surface area contributed by atoms with Gasteiger partial charge in [-0.25, -0.2) is 14.4 Å². The van der Waals surface area contributed by atoms with Crippen molar-refractivity contribution in [3.63, 3.8) is 0 Å². The Labute approximate surface area is 174 Å². The Balaban J connectivity index is 4.66. The maximum Gasteiger partial charge on any atom is 0.408 e. The Kier molecular flexibility index (Phi) is 11.4. The molecule has 0 aliphatic rings. The standard InChI is InChI=1S/C21H38N2O6/c1-9-12-15(2)27-17(24)16(23-19(26)29-21(6,7)8)13-10-11-14-22-18(25)28-20(3,4)5/h12,16H,9-11,13-14H2,1-8H3,(H,22,25)(H,23,26)/b15-12+/t16-/m0/s1. The molecule has 0 fully saturated rings. The van der Waals surface area contributed by atoms with Crippen LogP contribution in [0.1, 0.15) is 81.1 Å². The minimum atomic E-state index is -0.841. The number of hydrogen-bond donors (Lipinski definition) is 2. The van der Waals surface area contributed by atoms with E-state index < -0.39 is 35.4 Å². The molecule has 0 aliphatic heterocycles. The first-order valence-electron chi connectivity index (χ1n) is 10.1. The van der Waals surface area contributed by atoms with Crippen LogP contribution in [0.15, 0.2) is 11.8 Å². The first kappa shape index (κ1) is 26.8. The second-order valence-corrected chi connectivity index (χ2v) is 8.77. The van der Waals surface area contributed by atoms with Gasteiger partial charge in [0.1, 0.15) is 23.0 Å². The summed E-state index contributed by atoms with van der Waals surface area (Å²) >= 11 is 0. The zero-order chi connectivity index (χ0) is 22.7. The molecule has 0 saturated carbocycles. The number of unbranched alkanes of at least 4 members (excludes halogenated alkanes) is 1. The van der Waals surface area contributed by atoms with Crippen molar-refractivity contribution in [1.29, 1.82) is 0 Å². The molecule has 0 unspecified atom stereocenters. The zero-order valence-electron chi connectivity index (χ0n) is 19.1. The third kappa shape index (κ3) is 15.4. The maximum absolute atomic E-state index is 12.4. The van der Waals surface area contributed by atoms with Crippen molar-refractivity contribution >= 4 is 18.2 Å². The highest BCUT2D eigenvalue weighted by molar-refractivity contribution is 5.82. The number of allylic oxidation sites excluding steroid dienone is 2. The van der Waals surface area contributed by atoms with Gasteiger partial charge in [0.2, 0.25) is 0 Å². The maximum atomic E-state index is 12.4. The molecule has 0 radical (unpaired) electrons. The van der Waals surface area contributed by atoms with Crippen LogP contribution >= 0.6 is 0 Å². The molecule has 8 nitrogen and oxygen atoms in total. The lowest BCUT2D eigenvalue weighted by Gasteiger charge is -2.23. The van der Waals surface area contributed by atoms with Crippen molar-refractivity contribution in [3.8, 4) is 0 Å². The normalized spacial score (nSPS) is 13.3. The van der Waals surface area contributed by atoms with E-state index in [1.165, 1.54) is 0 Å². The molecule has 0 aromatic carbocycles. The van der Waals surface area contributed by atoms with Crippen LogP contribution in [0, 0.1) is 0 Å². The first-order chi connectivity index (χ1) is 13.2. The fourth-order valence-electron chi connectivity index (χ4n) is 2.24. The highest BCUT2D eigenvalue weighted by Gasteiger charge is 2.25. The predicted octanol–water partition coefficient (Wildman–Crippen LogP) is 4.43. The van der Waals surface area contributed by atoms with Crippen LogP contribution in [0.25, 0.3) is 0 Å². The first-order valence-corrected chi connectivity index (χ1v) is 10.1. The van der Waals surface area contributed by atoms with Crippen molar-refractivity contribution in [3.05, 3.63) is 11.8 Å². The van der Waals surface area contributed by atoms with Gasteiger partial charge >= 0.3 is 18.2 Å². The SMILES string of the molecule is CC/C=C(\C)OC(=O)[C@H](CCCCNC(=O)OC(C)(C)C)NC(=O)OC(C)(C)C. The third-order valence-electron chi connectivity index (χ3n) is 3.32. The molecular weight excluding hydrogens is 376 g/mol. The summed E-state index contributed by atoms with van der Waals surface area (Å²) in [5.74, 6) is -0.0572. The van der Waals surface area contributed by atoms with E-state index in [1.807, 2.05) is 6.92 Å². The molecule has 0 saturated heterocycles. The van der Waals surface area contributed by atoms with Crippen molar-refractivity contribution < 1.29 is 28.6 Å². The molecule has 1 atom stereocenters. The minimum Gasteiger partial charge on any atom is -0.444 e. The van der Waals surface area contributed by atoms with Crippen molar-refractivity contribution in [2.24, 2.45) is 0 Å². The van der Waals surface area contributed by atoms with E-state index in [4.69, 9.17) is 14.2 Å². The number of carbonyl (C=O) groups excluding carboxylic acids is 3. The summed E-state index contributed by atoms with van der Waals surface area (Å²) in [6.07, 6.45) is 2.91. The van der Waals surface area contributed by atoms with Gasteiger partial charge in [-0.15, -0.1) is 0 Å². The number of nitrogens with one attached hydrogen (secondary N) is 2. The Morgan fingerprint density at radius 1 is 0.931 bits per heavy atom. The Morgan fingerprint density at radius 2 is 1.48 bits per heavy atom. The smallest absolute Gasteiger partial charge is 0.408 e. The quantitative estimate of drug-likeness (QED) is 0.250. The molecule has 2 N–H and O–H groups in total. The van der Waals surface area contributed by atoms with E-state index in [9.17, 15) is 14.4 Å². The molecule has 0 bridgehead atoms. The lowest BCUT2D eigenvalue weighted by Crippen LogP contribution is -2.44. The van der Waals surface area contributed by atoms with Crippen molar-refractivity contribution in [2.75, 3.05) is 6.54 Å². The highest BCUT2D eigenvalue weighted by atomic mass is 16.6. The molecule has 29 heavy (non-hydrogen) atoms. The van der Waals surface area contributed by atoms with Crippen LogP contribution < -0.4 is 10.6 Å². The second-order valence-electron chi connectivity index (χ2n) is 8.77. The van der Waals surface area contributed by atoms with Crippen LogP contribution in [0.2, 0.25) is 0 Å². The Morgan fingerprint density at radius 3 is 2.00 bits per heavy atom. The van der Waals surface area contributed by atoms with Crippen molar-refractivity contribution in [1.82, 2.24) is 10.6 Å². The van der Waals surface area contributed by atoms with Gasteiger partial charge in [0, 0.05) is 6.54 Å². The number of rotatable bonds is 9. The molecule has 2 amide bonds. The number of carbonyl (C=O) groups is 3. The van der Waals surface area contributed by atoms with Crippen LogP contribution in [-0.2, 0) is 19.0 Å². The van der Waals surface area contributed by atoms with Gasteiger partial charge in [-0.2, -0.15) is 0 Å². The number of ether oxygens (including phenoxy) is 3. The molecule has 8 heteroatoms. The molecule has 0 aromatic heterocycles. The lowest BCUT2D eigenvalue weighted by molar-refractivity contribution is -0.142. The molecule has 0 rings (SSSR count). The number of amides is 2. The highest BCUT2D eigenvalue weighted by Crippen LogP contribution is 2.11. The average molecular weight is 415 g/mol.